The summed E-state index contributed by atoms with van der Waals surface area (Å²) in [4.78, 5) is 6.21. The average molecular weight is 418 g/mol. The minimum atomic E-state index is -3.34. The van der Waals surface area contributed by atoms with Gasteiger partial charge in [-0.25, -0.2) is 0 Å². The highest BCUT2D eigenvalue weighted by molar-refractivity contribution is 7.53. The first kappa shape index (κ1) is 21.8. The second-order valence-electron chi connectivity index (χ2n) is 8.46. The van der Waals surface area contributed by atoms with Crippen molar-refractivity contribution in [2.75, 3.05) is 25.4 Å². The topological polar surface area (TPSA) is 71.9 Å². The van der Waals surface area contributed by atoms with Crippen LogP contribution in [0.25, 0.3) is 0 Å². The van der Waals surface area contributed by atoms with Gasteiger partial charge in [0, 0.05) is 31.7 Å². The number of aromatic nitrogens is 1. The van der Waals surface area contributed by atoms with Crippen molar-refractivity contribution < 1.29 is 18.7 Å². The van der Waals surface area contributed by atoms with Gasteiger partial charge in [-0.3, -0.25) is 9.55 Å². The Kier molecular flexibility index (Phi) is 6.37. The Bertz CT molecular complexity index is 901. The maximum atomic E-state index is 13.1. The van der Waals surface area contributed by atoms with E-state index in [1.54, 1.807) is 12.4 Å². The van der Waals surface area contributed by atoms with Crippen molar-refractivity contribution in [2.45, 2.75) is 51.9 Å². The van der Waals surface area contributed by atoms with E-state index in [9.17, 15) is 9.67 Å². The van der Waals surface area contributed by atoms with Crippen LogP contribution in [0.1, 0.15) is 50.3 Å². The third kappa shape index (κ3) is 4.50. The number of benzene rings is 1. The van der Waals surface area contributed by atoms with Crippen molar-refractivity contribution in [3.63, 3.8) is 0 Å². The summed E-state index contributed by atoms with van der Waals surface area (Å²) >= 11 is 0. The molecular formula is C22H31N2O4P. The SMILES string of the molecule is COP(=O)(CN(c1cccnc1)c1cc(C(C)(C)C)c(O)c2c1CCCC2)OC. The van der Waals surface area contributed by atoms with E-state index in [1.165, 1.54) is 14.2 Å². The molecule has 0 radical (unpaired) electrons. The molecule has 1 aliphatic rings. The second kappa shape index (κ2) is 8.47. The smallest absolute Gasteiger partial charge is 0.349 e. The van der Waals surface area contributed by atoms with Crippen LogP contribution in [0.5, 0.6) is 5.75 Å². The lowest BCUT2D eigenvalue weighted by molar-refractivity contribution is 0.276. The number of hydrogen-bond donors (Lipinski definition) is 1. The molecule has 0 saturated carbocycles. The van der Waals surface area contributed by atoms with Crippen LogP contribution >= 0.6 is 7.60 Å². The van der Waals surface area contributed by atoms with E-state index in [2.05, 4.69) is 25.8 Å². The number of fused-ring (bicyclic) bond motifs is 1. The van der Waals surface area contributed by atoms with E-state index < -0.39 is 7.60 Å². The molecule has 0 atom stereocenters. The molecule has 29 heavy (non-hydrogen) atoms. The second-order valence-corrected chi connectivity index (χ2v) is 10.7. The number of phenols is 1. The molecule has 158 valence electrons. The summed E-state index contributed by atoms with van der Waals surface area (Å²) in [6.45, 7) is 6.26. The molecule has 1 aliphatic carbocycles. The van der Waals surface area contributed by atoms with Gasteiger partial charge in [-0.15, -0.1) is 0 Å². The van der Waals surface area contributed by atoms with Crippen LogP contribution in [-0.4, -0.2) is 30.6 Å². The van der Waals surface area contributed by atoms with Crippen molar-refractivity contribution >= 4 is 19.0 Å². The lowest BCUT2D eigenvalue weighted by atomic mass is 9.80. The molecule has 0 unspecified atom stereocenters. The number of hydrogen-bond acceptors (Lipinski definition) is 6. The summed E-state index contributed by atoms with van der Waals surface area (Å²) in [6.07, 6.45) is 7.33. The first-order valence-electron chi connectivity index (χ1n) is 9.96. The highest BCUT2D eigenvalue weighted by atomic mass is 31.2. The molecule has 1 N–H and O–H groups in total. The fourth-order valence-electron chi connectivity index (χ4n) is 3.89. The molecular weight excluding hydrogens is 387 g/mol. The van der Waals surface area contributed by atoms with Crippen molar-refractivity contribution in [1.29, 1.82) is 0 Å². The fraction of sp³-hybridized carbons (Fsp3) is 0.500. The third-order valence-electron chi connectivity index (χ3n) is 5.53. The number of aromatic hydroxyl groups is 1. The standard InChI is InChI=1S/C22H31N2O4P/c1-22(2,3)19-13-20(17-10-6-7-11-18(17)21(19)25)24(15-29(26,27-4)28-5)16-9-8-12-23-14-16/h8-9,12-14,25H,6-7,10-11,15H2,1-5H3. The lowest BCUT2D eigenvalue weighted by Crippen LogP contribution is -2.24. The molecule has 1 aromatic heterocycles. The lowest BCUT2D eigenvalue weighted by Gasteiger charge is -2.34. The zero-order chi connectivity index (χ0) is 21.2. The van der Waals surface area contributed by atoms with E-state index in [4.69, 9.17) is 9.05 Å². The van der Waals surface area contributed by atoms with Crippen molar-refractivity contribution in [1.82, 2.24) is 4.98 Å². The summed E-state index contributed by atoms with van der Waals surface area (Å²) in [5.74, 6) is 0.392. The molecule has 7 heteroatoms. The normalized spacial score (nSPS) is 14.5. The van der Waals surface area contributed by atoms with Gasteiger partial charge in [-0.1, -0.05) is 20.8 Å². The summed E-state index contributed by atoms with van der Waals surface area (Å²) < 4.78 is 23.6. The van der Waals surface area contributed by atoms with Crippen LogP contribution in [0.4, 0.5) is 11.4 Å². The van der Waals surface area contributed by atoms with Crippen molar-refractivity contribution in [3.05, 3.63) is 47.3 Å². The molecule has 0 fully saturated rings. The van der Waals surface area contributed by atoms with Gasteiger partial charge in [0.2, 0.25) is 0 Å². The monoisotopic (exact) mass is 418 g/mol. The van der Waals surface area contributed by atoms with E-state index in [-0.39, 0.29) is 11.7 Å². The minimum Gasteiger partial charge on any atom is -0.507 e. The van der Waals surface area contributed by atoms with Gasteiger partial charge >= 0.3 is 7.60 Å². The Morgan fingerprint density at radius 3 is 2.38 bits per heavy atom. The number of anilines is 2. The van der Waals surface area contributed by atoms with Crippen molar-refractivity contribution in [3.8, 4) is 5.75 Å². The number of pyridine rings is 1. The van der Waals surface area contributed by atoms with Crippen LogP contribution in [0.3, 0.4) is 0 Å². The van der Waals surface area contributed by atoms with Crippen molar-refractivity contribution in [2.24, 2.45) is 0 Å². The Morgan fingerprint density at radius 2 is 1.83 bits per heavy atom. The summed E-state index contributed by atoms with van der Waals surface area (Å²) in [6, 6.07) is 5.81. The molecule has 1 aromatic carbocycles. The largest absolute Gasteiger partial charge is 0.507 e. The average Bonchev–Trinajstić information content (AvgIpc) is 2.72. The van der Waals surface area contributed by atoms with Gasteiger partial charge in [-0.2, -0.15) is 0 Å². The van der Waals surface area contributed by atoms with Gasteiger partial charge in [0.1, 0.15) is 12.0 Å². The molecule has 1 heterocycles. The summed E-state index contributed by atoms with van der Waals surface area (Å²) in [5.41, 5.74) is 4.48. The van der Waals surface area contributed by atoms with E-state index >= 15 is 0 Å². The molecule has 0 aliphatic heterocycles. The quantitative estimate of drug-likeness (QED) is 0.621. The van der Waals surface area contributed by atoms with Crippen LogP contribution in [0.15, 0.2) is 30.6 Å². The van der Waals surface area contributed by atoms with Crippen LogP contribution in [0, 0.1) is 0 Å². The van der Waals surface area contributed by atoms with Crippen LogP contribution in [0.2, 0.25) is 0 Å². The van der Waals surface area contributed by atoms with Gasteiger partial charge in [0.05, 0.1) is 11.9 Å². The zero-order valence-electron chi connectivity index (χ0n) is 17.9. The van der Waals surface area contributed by atoms with E-state index in [0.29, 0.717) is 5.75 Å². The third-order valence-corrected chi connectivity index (χ3v) is 7.27. The van der Waals surface area contributed by atoms with Gasteiger partial charge in [-0.05, 0) is 60.4 Å². The van der Waals surface area contributed by atoms with E-state index in [0.717, 1.165) is 53.7 Å². The Balaban J connectivity index is 2.26. The summed E-state index contributed by atoms with van der Waals surface area (Å²) in [7, 11) is -0.533. The Labute approximate surface area is 173 Å². The molecule has 3 rings (SSSR count). The Hall–Kier alpha value is -1.88. The number of nitrogens with zero attached hydrogens (tertiary/aromatic N) is 2. The number of rotatable bonds is 6. The molecule has 0 bridgehead atoms. The van der Waals surface area contributed by atoms with Crippen LogP contribution < -0.4 is 4.90 Å². The maximum Gasteiger partial charge on any atom is 0.349 e. The Morgan fingerprint density at radius 1 is 1.17 bits per heavy atom. The minimum absolute atomic E-state index is 0.0620. The predicted molar refractivity (Wildman–Crippen MR) is 116 cm³/mol. The molecule has 0 amide bonds. The highest BCUT2D eigenvalue weighted by Crippen LogP contribution is 2.51. The van der Waals surface area contributed by atoms with Crippen LogP contribution in [-0.2, 0) is 31.9 Å². The fourth-order valence-corrected chi connectivity index (χ4v) is 4.93. The van der Waals surface area contributed by atoms with Gasteiger partial charge in [0.15, 0.2) is 0 Å². The van der Waals surface area contributed by atoms with E-state index in [1.807, 2.05) is 23.1 Å². The molecule has 2 aromatic rings. The predicted octanol–water partition coefficient (Wildman–Crippen LogP) is 5.55. The maximum absolute atomic E-state index is 13.1. The molecule has 0 saturated heterocycles. The van der Waals surface area contributed by atoms with Gasteiger partial charge in [0.25, 0.3) is 0 Å². The highest BCUT2D eigenvalue weighted by Gasteiger charge is 2.32. The zero-order valence-corrected chi connectivity index (χ0v) is 18.8. The summed E-state index contributed by atoms with van der Waals surface area (Å²) in [5, 5.41) is 11.0. The van der Waals surface area contributed by atoms with Gasteiger partial charge < -0.3 is 19.1 Å². The number of phenolic OH excluding ortho intramolecular Hbond substituents is 1. The molecule has 6 nitrogen and oxygen atoms in total. The molecule has 0 spiro atoms. The first-order valence-corrected chi connectivity index (χ1v) is 11.7. The first-order chi connectivity index (χ1) is 13.7.